The third-order valence-corrected chi connectivity index (χ3v) is 3.56. The maximum Gasteiger partial charge on any atom is 0.237 e. The van der Waals surface area contributed by atoms with Gasteiger partial charge in [-0.2, -0.15) is 0 Å². The summed E-state index contributed by atoms with van der Waals surface area (Å²) in [5.74, 6) is -0.0341. The topological polar surface area (TPSA) is 121 Å². The van der Waals surface area contributed by atoms with E-state index < -0.39 is 24.4 Å². The second-order valence-corrected chi connectivity index (χ2v) is 5.12. The van der Waals surface area contributed by atoms with Gasteiger partial charge in [0.2, 0.25) is 11.8 Å². The molecule has 1 aliphatic rings. The Morgan fingerprint density at radius 1 is 1.41 bits per heavy atom. The Morgan fingerprint density at radius 2 is 2.09 bits per heavy atom. The average Bonchev–Trinajstić information content (AvgIpc) is 2.76. The number of aliphatic hydroxyl groups is 3. The van der Waals surface area contributed by atoms with Gasteiger partial charge in [0.25, 0.3) is 0 Å². The van der Waals surface area contributed by atoms with E-state index in [0.29, 0.717) is 11.3 Å². The van der Waals surface area contributed by atoms with Crippen molar-refractivity contribution in [3.8, 4) is 5.88 Å². The number of carbonyl (C=O) groups excluding carboxylic acids is 1. The smallest absolute Gasteiger partial charge is 0.237 e. The molecule has 1 fully saturated rings. The van der Waals surface area contributed by atoms with Crippen molar-refractivity contribution in [2.24, 2.45) is 0 Å². The molecule has 0 unspecified atom stereocenters. The van der Waals surface area contributed by atoms with Crippen LogP contribution >= 0.6 is 0 Å². The van der Waals surface area contributed by atoms with E-state index in [0.717, 1.165) is 0 Å². The van der Waals surface area contributed by atoms with E-state index in [-0.39, 0.29) is 24.8 Å². The summed E-state index contributed by atoms with van der Waals surface area (Å²) >= 11 is 0. The molecule has 22 heavy (non-hydrogen) atoms. The quantitative estimate of drug-likeness (QED) is 0.554. The normalized spacial score (nSPS) is 27.7. The van der Waals surface area contributed by atoms with Gasteiger partial charge in [0, 0.05) is 19.5 Å². The molecule has 0 saturated carbocycles. The molecule has 122 valence electrons. The minimum atomic E-state index is -1.15. The van der Waals surface area contributed by atoms with Gasteiger partial charge in [0.1, 0.15) is 24.0 Å². The number of pyridine rings is 1. The molecular weight excluding hydrogens is 292 g/mol. The first-order chi connectivity index (χ1) is 10.5. The SMILES string of the molecule is COc1nccc(C[C@H]2O[C@H](CO)[C@@H](O)[C@H]2O)c1NC(C)=O. The lowest BCUT2D eigenvalue weighted by molar-refractivity contribution is -0.114. The number of nitrogens with zero attached hydrogens (tertiary/aromatic N) is 1. The molecule has 0 aliphatic carbocycles. The van der Waals surface area contributed by atoms with Gasteiger partial charge >= 0.3 is 0 Å². The molecule has 1 aliphatic heterocycles. The Balaban J connectivity index is 2.24. The molecule has 8 heteroatoms. The maximum absolute atomic E-state index is 11.3. The number of nitrogens with one attached hydrogen (secondary N) is 1. The van der Waals surface area contributed by atoms with Crippen LogP contribution in [0.4, 0.5) is 5.69 Å². The lowest BCUT2D eigenvalue weighted by Gasteiger charge is -2.18. The summed E-state index contributed by atoms with van der Waals surface area (Å²) in [7, 11) is 1.43. The van der Waals surface area contributed by atoms with Crippen LogP contribution in [0.2, 0.25) is 0 Å². The number of ether oxygens (including phenoxy) is 2. The van der Waals surface area contributed by atoms with Gasteiger partial charge in [0.05, 0.1) is 19.8 Å². The fourth-order valence-corrected chi connectivity index (χ4v) is 2.48. The zero-order valence-electron chi connectivity index (χ0n) is 12.4. The van der Waals surface area contributed by atoms with Crippen LogP contribution in [-0.2, 0) is 16.0 Å². The van der Waals surface area contributed by atoms with Crippen LogP contribution < -0.4 is 10.1 Å². The van der Waals surface area contributed by atoms with E-state index in [9.17, 15) is 15.0 Å². The van der Waals surface area contributed by atoms with Gasteiger partial charge < -0.3 is 30.1 Å². The summed E-state index contributed by atoms with van der Waals surface area (Å²) in [6, 6.07) is 1.67. The number of methoxy groups -OCH3 is 1. The standard InChI is InChI=1S/C14H20N2O6/c1-7(18)16-11-8(3-4-15-14(11)21-2)5-9-12(19)13(20)10(6-17)22-9/h3-4,9-10,12-13,17,19-20H,5-6H2,1-2H3,(H,16,18)/t9-,10-,12+,13-/m1/s1. The number of aromatic nitrogens is 1. The van der Waals surface area contributed by atoms with Crippen molar-refractivity contribution in [3.63, 3.8) is 0 Å². The monoisotopic (exact) mass is 312 g/mol. The molecule has 0 radical (unpaired) electrons. The van der Waals surface area contributed by atoms with Gasteiger partial charge in [0.15, 0.2) is 0 Å². The van der Waals surface area contributed by atoms with Crippen molar-refractivity contribution in [2.75, 3.05) is 19.0 Å². The highest BCUT2D eigenvalue weighted by Crippen LogP contribution is 2.30. The summed E-state index contributed by atoms with van der Waals surface area (Å²) in [4.78, 5) is 15.4. The largest absolute Gasteiger partial charge is 0.480 e. The number of rotatable bonds is 5. The Hall–Kier alpha value is -1.74. The Labute approximate surface area is 127 Å². The predicted octanol–water partition coefficient (Wildman–Crippen LogP) is -0.927. The molecule has 1 aromatic heterocycles. The molecule has 0 bridgehead atoms. The third kappa shape index (κ3) is 3.36. The van der Waals surface area contributed by atoms with Crippen LogP contribution in [0.3, 0.4) is 0 Å². The Morgan fingerprint density at radius 3 is 2.64 bits per heavy atom. The fourth-order valence-electron chi connectivity index (χ4n) is 2.48. The molecule has 8 nitrogen and oxygen atoms in total. The lowest BCUT2D eigenvalue weighted by Crippen LogP contribution is -2.34. The minimum Gasteiger partial charge on any atom is -0.480 e. The Bertz CT molecular complexity index is 538. The molecule has 4 atom stereocenters. The van der Waals surface area contributed by atoms with Gasteiger partial charge in [-0.3, -0.25) is 4.79 Å². The second-order valence-electron chi connectivity index (χ2n) is 5.12. The van der Waals surface area contributed by atoms with E-state index in [1.165, 1.54) is 20.2 Å². The molecule has 1 saturated heterocycles. The minimum absolute atomic E-state index is 0.225. The molecule has 0 spiro atoms. The first-order valence-electron chi connectivity index (χ1n) is 6.89. The highest BCUT2D eigenvalue weighted by atomic mass is 16.6. The zero-order chi connectivity index (χ0) is 16.3. The maximum atomic E-state index is 11.3. The highest BCUT2D eigenvalue weighted by Gasteiger charge is 2.42. The van der Waals surface area contributed by atoms with E-state index in [4.69, 9.17) is 14.6 Å². The van der Waals surface area contributed by atoms with E-state index >= 15 is 0 Å². The van der Waals surface area contributed by atoms with Crippen LogP contribution in [0.5, 0.6) is 5.88 Å². The van der Waals surface area contributed by atoms with Crippen LogP contribution in [0.15, 0.2) is 12.3 Å². The van der Waals surface area contributed by atoms with Gasteiger partial charge in [-0.05, 0) is 11.6 Å². The third-order valence-electron chi connectivity index (χ3n) is 3.56. The van der Waals surface area contributed by atoms with Crippen molar-refractivity contribution in [3.05, 3.63) is 17.8 Å². The van der Waals surface area contributed by atoms with Crippen molar-refractivity contribution < 1.29 is 29.6 Å². The summed E-state index contributed by atoms with van der Waals surface area (Å²) in [6.07, 6.45) is -2.06. The average molecular weight is 312 g/mol. The summed E-state index contributed by atoms with van der Waals surface area (Å²) in [5.41, 5.74) is 1.05. The number of hydrogen-bond donors (Lipinski definition) is 4. The summed E-state index contributed by atoms with van der Waals surface area (Å²) < 4.78 is 10.6. The lowest BCUT2D eigenvalue weighted by atomic mass is 10.0. The number of aliphatic hydroxyl groups excluding tert-OH is 3. The second kappa shape index (κ2) is 7.01. The fraction of sp³-hybridized carbons (Fsp3) is 0.571. The number of anilines is 1. The first kappa shape index (κ1) is 16.6. The summed E-state index contributed by atoms with van der Waals surface area (Å²) in [5, 5.41) is 31.5. The van der Waals surface area contributed by atoms with Gasteiger partial charge in [-0.25, -0.2) is 4.98 Å². The molecule has 4 N–H and O–H groups in total. The Kier molecular flexibility index (Phi) is 5.30. The van der Waals surface area contributed by atoms with Crippen molar-refractivity contribution >= 4 is 11.6 Å². The highest BCUT2D eigenvalue weighted by molar-refractivity contribution is 5.91. The van der Waals surface area contributed by atoms with E-state index in [1.807, 2.05) is 0 Å². The predicted molar refractivity (Wildman–Crippen MR) is 76.6 cm³/mol. The number of hydrogen-bond acceptors (Lipinski definition) is 7. The van der Waals surface area contributed by atoms with Crippen LogP contribution in [0.1, 0.15) is 12.5 Å². The summed E-state index contributed by atoms with van der Waals surface area (Å²) in [6.45, 7) is 0.982. The van der Waals surface area contributed by atoms with Gasteiger partial charge in [-0.1, -0.05) is 0 Å². The van der Waals surface area contributed by atoms with Crippen LogP contribution in [-0.4, -0.2) is 64.3 Å². The number of carbonyl (C=O) groups is 1. The van der Waals surface area contributed by atoms with E-state index in [1.54, 1.807) is 6.07 Å². The van der Waals surface area contributed by atoms with Crippen molar-refractivity contribution in [1.82, 2.24) is 4.98 Å². The van der Waals surface area contributed by atoms with Crippen LogP contribution in [0.25, 0.3) is 0 Å². The first-order valence-corrected chi connectivity index (χ1v) is 6.89. The van der Waals surface area contributed by atoms with E-state index in [2.05, 4.69) is 10.3 Å². The van der Waals surface area contributed by atoms with Gasteiger partial charge in [-0.15, -0.1) is 0 Å². The molecule has 2 rings (SSSR count). The van der Waals surface area contributed by atoms with Crippen molar-refractivity contribution in [2.45, 2.75) is 37.8 Å². The zero-order valence-corrected chi connectivity index (χ0v) is 12.4. The molecule has 2 heterocycles. The number of amides is 1. The molecular formula is C14H20N2O6. The van der Waals surface area contributed by atoms with Crippen LogP contribution in [0, 0.1) is 0 Å². The molecule has 1 amide bonds. The molecule has 1 aromatic rings. The molecule has 0 aromatic carbocycles. The van der Waals surface area contributed by atoms with Crippen molar-refractivity contribution in [1.29, 1.82) is 0 Å².